The Morgan fingerprint density at radius 3 is 2.41 bits per heavy atom. The monoisotopic (exact) mass is 543 g/mol. The first kappa shape index (κ1) is 31.4. The Labute approximate surface area is 230 Å². The molecule has 0 saturated carbocycles. The number of nitrogens with one attached hydrogen (secondary N) is 1. The number of methoxy groups -OCH3 is 1. The zero-order valence-electron chi connectivity index (χ0n) is 23.6. The Morgan fingerprint density at radius 2 is 1.85 bits per heavy atom. The Bertz CT molecular complexity index is 1030. The lowest BCUT2D eigenvalue weighted by molar-refractivity contribution is -0.152. The van der Waals surface area contributed by atoms with Gasteiger partial charge < -0.3 is 29.3 Å². The van der Waals surface area contributed by atoms with Crippen LogP contribution in [0, 0.1) is 5.41 Å². The number of likely N-dealkylation sites (tertiary alicyclic amines) is 1. The highest BCUT2D eigenvalue weighted by molar-refractivity contribution is 5.91. The molecule has 1 aliphatic heterocycles. The Kier molecular flexibility index (Phi) is 11.6. The number of hydrogen-bond donors (Lipinski definition) is 1. The van der Waals surface area contributed by atoms with E-state index in [9.17, 15) is 19.2 Å². The minimum absolute atomic E-state index is 0.0190. The first-order valence-electron chi connectivity index (χ1n) is 13.0. The first-order valence-corrected chi connectivity index (χ1v) is 13.0. The third-order valence-corrected chi connectivity index (χ3v) is 6.39. The van der Waals surface area contributed by atoms with Gasteiger partial charge in [-0.05, 0) is 29.4 Å². The number of rotatable bonds is 11. The van der Waals surface area contributed by atoms with Gasteiger partial charge in [0.15, 0.2) is 0 Å². The van der Waals surface area contributed by atoms with Crippen molar-refractivity contribution < 1.29 is 33.4 Å². The van der Waals surface area contributed by atoms with Crippen molar-refractivity contribution in [1.29, 1.82) is 0 Å². The second-order valence-electron chi connectivity index (χ2n) is 10.6. The summed E-state index contributed by atoms with van der Waals surface area (Å²) in [6.07, 6.45) is 2.80. The van der Waals surface area contributed by atoms with Gasteiger partial charge in [-0.15, -0.1) is 6.58 Å². The van der Waals surface area contributed by atoms with Crippen LogP contribution in [0.5, 0.6) is 0 Å². The van der Waals surface area contributed by atoms with Crippen LogP contribution in [-0.4, -0.2) is 79.4 Å². The van der Waals surface area contributed by atoms with Crippen LogP contribution in [0.2, 0.25) is 0 Å². The molecule has 0 aromatic heterocycles. The number of carbonyl (C=O) groups is 4. The van der Waals surface area contributed by atoms with Gasteiger partial charge in [-0.1, -0.05) is 63.8 Å². The van der Waals surface area contributed by atoms with E-state index in [1.54, 1.807) is 40.0 Å². The van der Waals surface area contributed by atoms with Crippen molar-refractivity contribution >= 4 is 30.1 Å². The third-order valence-electron chi connectivity index (χ3n) is 6.39. The van der Waals surface area contributed by atoms with E-state index in [-0.39, 0.29) is 19.6 Å². The van der Waals surface area contributed by atoms with Crippen LogP contribution in [0.15, 0.2) is 43.5 Å². The molecule has 1 heterocycles. The van der Waals surface area contributed by atoms with Gasteiger partial charge in [0, 0.05) is 20.0 Å². The number of allylic oxidation sites excluding steroid dienone is 1. The molecule has 214 valence electrons. The van der Waals surface area contributed by atoms with Gasteiger partial charge in [-0.2, -0.15) is 0 Å². The molecule has 0 bridgehead atoms. The number of ether oxygens (including phenoxy) is 3. The molecule has 10 heteroatoms. The largest absolute Gasteiger partial charge is 0.467 e. The molecule has 1 N–H and O–H groups in total. The lowest BCUT2D eigenvalue weighted by Gasteiger charge is -2.34. The Hall–Kier alpha value is -3.82. The first-order chi connectivity index (χ1) is 18.4. The van der Waals surface area contributed by atoms with Crippen molar-refractivity contribution in [1.82, 2.24) is 15.1 Å². The van der Waals surface area contributed by atoms with Gasteiger partial charge in [0.1, 0.15) is 18.2 Å². The van der Waals surface area contributed by atoms with E-state index in [1.165, 1.54) is 16.9 Å². The Balaban J connectivity index is 2.10. The summed E-state index contributed by atoms with van der Waals surface area (Å²) in [6.45, 7) is 13.2. The summed E-state index contributed by atoms with van der Waals surface area (Å²) < 4.78 is 15.8. The second-order valence-corrected chi connectivity index (χ2v) is 10.6. The molecule has 39 heavy (non-hydrogen) atoms. The molecule has 1 aromatic rings. The number of amides is 3. The predicted molar refractivity (Wildman–Crippen MR) is 148 cm³/mol. The highest BCUT2D eigenvalue weighted by Gasteiger charge is 2.46. The molecular formula is C29H41N3O7. The van der Waals surface area contributed by atoms with E-state index in [2.05, 4.69) is 18.5 Å². The van der Waals surface area contributed by atoms with Gasteiger partial charge in [0.05, 0.1) is 20.3 Å². The van der Waals surface area contributed by atoms with E-state index in [0.717, 1.165) is 11.1 Å². The van der Waals surface area contributed by atoms with E-state index in [0.29, 0.717) is 19.4 Å². The van der Waals surface area contributed by atoms with Gasteiger partial charge in [-0.3, -0.25) is 4.79 Å². The lowest BCUT2D eigenvalue weighted by atomic mass is 9.85. The normalized spacial score (nSPS) is 17.5. The maximum atomic E-state index is 13.7. The molecule has 3 atom stereocenters. The van der Waals surface area contributed by atoms with Crippen molar-refractivity contribution in [3.63, 3.8) is 0 Å². The third kappa shape index (κ3) is 9.15. The molecular weight excluding hydrogens is 502 g/mol. The van der Waals surface area contributed by atoms with Gasteiger partial charge in [-0.25, -0.2) is 14.4 Å². The van der Waals surface area contributed by atoms with Crippen LogP contribution >= 0.6 is 0 Å². The summed E-state index contributed by atoms with van der Waals surface area (Å²) >= 11 is 0. The lowest BCUT2D eigenvalue weighted by Crippen LogP contribution is -2.57. The number of carbonyl (C=O) groups excluding carboxylic acids is 4. The summed E-state index contributed by atoms with van der Waals surface area (Å²) in [7, 11) is 2.84. The summed E-state index contributed by atoms with van der Waals surface area (Å²) in [4.78, 5) is 54.2. The second kappa shape index (κ2) is 14.4. The minimum Gasteiger partial charge on any atom is -0.467 e. The van der Waals surface area contributed by atoms with Crippen LogP contribution in [0.4, 0.5) is 9.59 Å². The molecule has 1 aromatic carbocycles. The predicted octanol–water partition coefficient (Wildman–Crippen LogP) is 4.15. The molecule has 3 amide bonds. The molecule has 1 fully saturated rings. The molecule has 0 radical (unpaired) electrons. The zero-order chi connectivity index (χ0) is 29.2. The molecule has 1 aliphatic rings. The molecule has 2 rings (SSSR count). The topological polar surface area (TPSA) is 114 Å². The fourth-order valence-electron chi connectivity index (χ4n) is 4.18. The molecule has 10 nitrogen and oxygen atoms in total. The average molecular weight is 544 g/mol. The molecule has 0 unspecified atom stereocenters. The number of nitrogens with zero attached hydrogens (tertiary/aromatic N) is 2. The van der Waals surface area contributed by atoms with E-state index < -0.39 is 47.7 Å². The van der Waals surface area contributed by atoms with Crippen LogP contribution in [0.3, 0.4) is 0 Å². The standard InChI is InChI=1S/C29H41N3O7/c1-8-10-11-16-38-27(35)30-24(29(3,4)5)25(33)32-19-22(17-23(32)26(34)37-7)39-28(36)31(6)18-21-14-12-20(9-2)13-15-21/h8-9,12-15,22-24H,1-2,10-11,16-19H2,3-7H3,(H,30,35)/t22-,23+,24-/m1/s1. The number of unbranched alkanes of at least 4 members (excludes halogenated alkanes) is 1. The van der Waals surface area contributed by atoms with Crippen molar-refractivity contribution in [3.05, 3.63) is 54.6 Å². The fourth-order valence-corrected chi connectivity index (χ4v) is 4.18. The van der Waals surface area contributed by atoms with Gasteiger partial charge >= 0.3 is 18.2 Å². The minimum atomic E-state index is -0.993. The fraction of sp³-hybridized carbons (Fsp3) is 0.517. The molecule has 0 spiro atoms. The summed E-state index contributed by atoms with van der Waals surface area (Å²) in [5, 5.41) is 2.64. The molecule has 1 saturated heterocycles. The van der Waals surface area contributed by atoms with Crippen LogP contribution in [0.25, 0.3) is 6.08 Å². The van der Waals surface area contributed by atoms with Gasteiger partial charge in [0.25, 0.3) is 0 Å². The molecule has 0 aliphatic carbocycles. The average Bonchev–Trinajstić information content (AvgIpc) is 3.32. The van der Waals surface area contributed by atoms with Crippen LogP contribution < -0.4 is 5.32 Å². The highest BCUT2D eigenvalue weighted by atomic mass is 16.6. The van der Waals surface area contributed by atoms with Crippen LogP contribution in [-0.2, 0) is 30.3 Å². The SMILES string of the molecule is C=CCCCOC(=O)N[C@H](C(=O)N1C[C@H](OC(=O)N(C)Cc2ccc(C=C)cc2)C[C@H]1C(=O)OC)C(C)(C)C. The van der Waals surface area contributed by atoms with Gasteiger partial charge in [0.2, 0.25) is 5.91 Å². The Morgan fingerprint density at radius 1 is 1.18 bits per heavy atom. The zero-order valence-corrected chi connectivity index (χ0v) is 23.6. The number of alkyl carbamates (subject to hydrolysis) is 1. The van der Waals surface area contributed by atoms with Crippen molar-refractivity contribution in [2.45, 2.75) is 64.8 Å². The summed E-state index contributed by atoms with van der Waals surface area (Å²) in [6, 6.07) is 5.64. The van der Waals surface area contributed by atoms with Crippen molar-refractivity contribution in [2.75, 3.05) is 27.3 Å². The summed E-state index contributed by atoms with van der Waals surface area (Å²) in [5.41, 5.74) is 1.18. The highest BCUT2D eigenvalue weighted by Crippen LogP contribution is 2.28. The maximum Gasteiger partial charge on any atom is 0.410 e. The maximum absolute atomic E-state index is 13.7. The van der Waals surface area contributed by atoms with Crippen molar-refractivity contribution in [2.24, 2.45) is 5.41 Å². The van der Waals surface area contributed by atoms with E-state index in [1.807, 2.05) is 24.3 Å². The number of hydrogen-bond acceptors (Lipinski definition) is 7. The van der Waals surface area contributed by atoms with E-state index >= 15 is 0 Å². The number of benzene rings is 1. The smallest absolute Gasteiger partial charge is 0.410 e. The summed E-state index contributed by atoms with van der Waals surface area (Å²) in [5.74, 6) is -1.12. The van der Waals surface area contributed by atoms with E-state index in [4.69, 9.17) is 14.2 Å². The number of esters is 1. The quantitative estimate of drug-likeness (QED) is 0.193. The van der Waals surface area contributed by atoms with Crippen molar-refractivity contribution in [3.8, 4) is 0 Å². The van der Waals surface area contributed by atoms with Crippen LogP contribution in [0.1, 0.15) is 51.2 Å².